The highest BCUT2D eigenvalue weighted by Gasteiger charge is 2.31. The number of nitrogens with one attached hydrogen (secondary N) is 1. The van der Waals surface area contributed by atoms with E-state index >= 15 is 0 Å². The van der Waals surface area contributed by atoms with Crippen LogP contribution in [0.1, 0.15) is 23.4 Å². The van der Waals surface area contributed by atoms with Gasteiger partial charge in [0, 0.05) is 18.0 Å². The lowest BCUT2D eigenvalue weighted by Gasteiger charge is -2.25. The molecule has 0 aromatic heterocycles. The summed E-state index contributed by atoms with van der Waals surface area (Å²) in [6, 6.07) is 13.7. The normalized spacial score (nSPS) is 16.4. The monoisotopic (exact) mass is 372 g/mol. The molecule has 2 amide bonds. The van der Waals surface area contributed by atoms with Crippen LogP contribution in [0.3, 0.4) is 0 Å². The fourth-order valence-corrected chi connectivity index (χ4v) is 4.23. The van der Waals surface area contributed by atoms with Crippen molar-refractivity contribution in [1.82, 2.24) is 4.90 Å². The van der Waals surface area contributed by atoms with Crippen molar-refractivity contribution in [3.8, 4) is 11.5 Å². The molecule has 1 N–H and O–H groups in total. The van der Waals surface area contributed by atoms with Gasteiger partial charge in [-0.15, -0.1) is 11.8 Å². The van der Waals surface area contributed by atoms with Crippen LogP contribution in [-0.2, 0) is 6.42 Å². The fourth-order valence-electron chi connectivity index (χ4n) is 2.98. The van der Waals surface area contributed by atoms with Crippen molar-refractivity contribution < 1.29 is 14.3 Å². The van der Waals surface area contributed by atoms with E-state index in [1.807, 2.05) is 47.4 Å². The molecule has 6 heteroatoms. The summed E-state index contributed by atoms with van der Waals surface area (Å²) in [7, 11) is 3.24. The van der Waals surface area contributed by atoms with Gasteiger partial charge in [-0.1, -0.05) is 25.1 Å². The van der Waals surface area contributed by atoms with Crippen LogP contribution in [0.2, 0.25) is 0 Å². The summed E-state index contributed by atoms with van der Waals surface area (Å²) in [6.45, 7) is 2.82. The van der Waals surface area contributed by atoms with Crippen LogP contribution in [0.25, 0.3) is 0 Å². The Hall–Kier alpha value is -2.34. The Bertz CT molecular complexity index is 764. The molecular formula is C20H24N2O3S. The predicted molar refractivity (Wildman–Crippen MR) is 106 cm³/mol. The summed E-state index contributed by atoms with van der Waals surface area (Å²) in [5.41, 5.74) is 3.10. The number of anilines is 1. The molecule has 138 valence electrons. The van der Waals surface area contributed by atoms with Gasteiger partial charge in [-0.3, -0.25) is 0 Å². The van der Waals surface area contributed by atoms with E-state index in [9.17, 15) is 4.79 Å². The maximum Gasteiger partial charge on any atom is 0.323 e. The molecule has 2 aromatic rings. The number of aryl methyl sites for hydroxylation is 1. The number of carbonyl (C=O) groups is 1. The van der Waals surface area contributed by atoms with E-state index in [0.29, 0.717) is 18.0 Å². The van der Waals surface area contributed by atoms with Crippen molar-refractivity contribution in [1.29, 1.82) is 0 Å². The van der Waals surface area contributed by atoms with E-state index in [1.54, 1.807) is 26.0 Å². The van der Waals surface area contributed by atoms with E-state index in [4.69, 9.17) is 9.47 Å². The summed E-state index contributed by atoms with van der Waals surface area (Å²) in [4.78, 5) is 14.6. The van der Waals surface area contributed by atoms with Gasteiger partial charge < -0.3 is 19.7 Å². The Balaban J connectivity index is 1.75. The van der Waals surface area contributed by atoms with Crippen molar-refractivity contribution >= 4 is 23.5 Å². The average Bonchev–Trinajstić information content (AvgIpc) is 3.18. The molecule has 1 unspecified atom stereocenters. The third kappa shape index (κ3) is 3.90. The highest BCUT2D eigenvalue weighted by molar-refractivity contribution is 7.99. The van der Waals surface area contributed by atoms with Crippen LogP contribution in [0, 0.1) is 0 Å². The molecule has 1 fully saturated rings. The minimum Gasteiger partial charge on any atom is -0.493 e. The average molecular weight is 372 g/mol. The number of methoxy groups -OCH3 is 2. The van der Waals surface area contributed by atoms with Crippen LogP contribution < -0.4 is 14.8 Å². The van der Waals surface area contributed by atoms with Gasteiger partial charge in [0.15, 0.2) is 11.5 Å². The van der Waals surface area contributed by atoms with Gasteiger partial charge in [-0.05, 0) is 41.8 Å². The van der Waals surface area contributed by atoms with Crippen molar-refractivity contribution in [2.24, 2.45) is 0 Å². The molecular weight excluding hydrogens is 348 g/mol. The van der Waals surface area contributed by atoms with Crippen LogP contribution in [0.15, 0.2) is 42.5 Å². The van der Waals surface area contributed by atoms with Crippen LogP contribution in [0.4, 0.5) is 10.5 Å². The largest absolute Gasteiger partial charge is 0.493 e. The van der Waals surface area contributed by atoms with E-state index in [1.165, 1.54) is 5.56 Å². The summed E-state index contributed by atoms with van der Waals surface area (Å²) in [5.74, 6) is 2.26. The third-order valence-electron chi connectivity index (χ3n) is 4.46. The molecule has 0 spiro atoms. The van der Waals surface area contributed by atoms with Gasteiger partial charge in [-0.25, -0.2) is 4.79 Å². The van der Waals surface area contributed by atoms with Gasteiger partial charge in [0.05, 0.1) is 14.2 Å². The Labute approximate surface area is 158 Å². The number of rotatable bonds is 5. The second-order valence-corrected chi connectivity index (χ2v) is 7.20. The highest BCUT2D eigenvalue weighted by atomic mass is 32.2. The number of benzene rings is 2. The van der Waals surface area contributed by atoms with Crippen LogP contribution >= 0.6 is 11.8 Å². The smallest absolute Gasteiger partial charge is 0.323 e. The first-order chi connectivity index (χ1) is 12.7. The SMILES string of the molecule is CCc1ccc(NC(=O)N2CCSC2c2ccc(OC)c(OC)c2)cc1. The van der Waals surface area contributed by atoms with E-state index in [2.05, 4.69) is 12.2 Å². The Morgan fingerprint density at radius 3 is 2.54 bits per heavy atom. The molecule has 0 saturated carbocycles. The van der Waals surface area contributed by atoms with Crippen molar-refractivity contribution in [2.45, 2.75) is 18.7 Å². The van der Waals surface area contributed by atoms with Crippen molar-refractivity contribution in [3.05, 3.63) is 53.6 Å². The lowest BCUT2D eigenvalue weighted by atomic mass is 10.1. The molecule has 2 aromatic carbocycles. The molecule has 0 radical (unpaired) electrons. The second kappa shape index (κ2) is 8.36. The zero-order valence-electron chi connectivity index (χ0n) is 15.3. The van der Waals surface area contributed by atoms with Crippen LogP contribution in [-0.4, -0.2) is 37.4 Å². The summed E-state index contributed by atoms with van der Waals surface area (Å²) >= 11 is 1.75. The maximum absolute atomic E-state index is 12.8. The lowest BCUT2D eigenvalue weighted by Crippen LogP contribution is -2.34. The number of urea groups is 1. The first kappa shape index (κ1) is 18.5. The minimum absolute atomic E-state index is 0.0373. The Morgan fingerprint density at radius 1 is 1.15 bits per heavy atom. The topological polar surface area (TPSA) is 50.8 Å². The van der Waals surface area contributed by atoms with Crippen molar-refractivity contribution in [2.75, 3.05) is 31.8 Å². The minimum atomic E-state index is -0.0842. The van der Waals surface area contributed by atoms with Gasteiger partial charge in [0.1, 0.15) is 5.37 Å². The Kier molecular flexibility index (Phi) is 5.93. The zero-order chi connectivity index (χ0) is 18.5. The first-order valence-corrected chi connectivity index (χ1v) is 9.71. The van der Waals surface area contributed by atoms with E-state index in [-0.39, 0.29) is 11.4 Å². The molecule has 1 aliphatic rings. The molecule has 26 heavy (non-hydrogen) atoms. The summed E-state index contributed by atoms with van der Waals surface area (Å²) in [5, 5.41) is 2.97. The quantitative estimate of drug-likeness (QED) is 0.837. The molecule has 1 atom stereocenters. The first-order valence-electron chi connectivity index (χ1n) is 8.66. The van der Waals surface area contributed by atoms with Crippen LogP contribution in [0.5, 0.6) is 11.5 Å². The number of carbonyl (C=O) groups excluding carboxylic acids is 1. The number of ether oxygens (including phenoxy) is 2. The van der Waals surface area contributed by atoms with Gasteiger partial charge in [0.2, 0.25) is 0 Å². The molecule has 0 bridgehead atoms. The fraction of sp³-hybridized carbons (Fsp3) is 0.350. The van der Waals surface area contributed by atoms with Gasteiger partial charge >= 0.3 is 6.03 Å². The molecule has 1 saturated heterocycles. The zero-order valence-corrected chi connectivity index (χ0v) is 16.1. The number of hydrogen-bond donors (Lipinski definition) is 1. The van der Waals surface area contributed by atoms with Gasteiger partial charge in [-0.2, -0.15) is 0 Å². The number of nitrogens with zero attached hydrogens (tertiary/aromatic N) is 1. The molecule has 1 aliphatic heterocycles. The van der Waals surface area contributed by atoms with E-state index in [0.717, 1.165) is 23.4 Å². The standard InChI is InChI=1S/C20H24N2O3S/c1-4-14-5-8-16(9-6-14)21-20(23)22-11-12-26-19(22)15-7-10-17(24-2)18(13-15)25-3/h5-10,13,19H,4,11-12H2,1-3H3,(H,21,23). The molecule has 5 nitrogen and oxygen atoms in total. The number of hydrogen-bond acceptors (Lipinski definition) is 4. The third-order valence-corrected chi connectivity index (χ3v) is 5.72. The second-order valence-electron chi connectivity index (χ2n) is 6.01. The summed E-state index contributed by atoms with van der Waals surface area (Å²) < 4.78 is 10.7. The predicted octanol–water partition coefficient (Wildman–Crippen LogP) is 4.55. The highest BCUT2D eigenvalue weighted by Crippen LogP contribution is 2.41. The number of thioether (sulfide) groups is 1. The molecule has 1 heterocycles. The lowest BCUT2D eigenvalue weighted by molar-refractivity contribution is 0.214. The number of amides is 2. The maximum atomic E-state index is 12.8. The van der Waals surface area contributed by atoms with Crippen molar-refractivity contribution in [3.63, 3.8) is 0 Å². The summed E-state index contributed by atoms with van der Waals surface area (Å²) in [6.07, 6.45) is 0.984. The Morgan fingerprint density at radius 2 is 1.88 bits per heavy atom. The molecule has 3 rings (SSSR count). The van der Waals surface area contributed by atoms with Gasteiger partial charge in [0.25, 0.3) is 0 Å². The molecule has 0 aliphatic carbocycles. The van der Waals surface area contributed by atoms with E-state index < -0.39 is 0 Å².